The van der Waals surface area contributed by atoms with Crippen LogP contribution in [-0.2, 0) is 14.8 Å². The molecule has 14 heteroatoms. The van der Waals surface area contributed by atoms with Crippen LogP contribution in [-0.4, -0.2) is 49.3 Å². The summed E-state index contributed by atoms with van der Waals surface area (Å²) in [4.78, 5) is 26.6. The normalized spacial score (nSPS) is 16.0. The molecule has 0 bridgehead atoms. The van der Waals surface area contributed by atoms with Crippen molar-refractivity contribution in [3.8, 4) is 16.9 Å². The summed E-state index contributed by atoms with van der Waals surface area (Å²) < 4.78 is 74.6. The lowest BCUT2D eigenvalue weighted by Gasteiger charge is -2.17. The van der Waals surface area contributed by atoms with Crippen LogP contribution >= 0.6 is 11.8 Å². The summed E-state index contributed by atoms with van der Waals surface area (Å²) >= 11 is 0.694. The maximum atomic E-state index is 13.0. The Bertz CT molecular complexity index is 1460. The predicted octanol–water partition coefficient (Wildman–Crippen LogP) is 3.97. The predicted molar refractivity (Wildman–Crippen MR) is 116 cm³/mol. The Morgan fingerprint density at radius 2 is 1.91 bits per heavy atom. The molecule has 1 aliphatic rings. The average Bonchev–Trinajstić information content (AvgIpc) is 3.27. The van der Waals surface area contributed by atoms with E-state index in [0.29, 0.717) is 17.1 Å². The number of carbonyl (C=O) groups excluding carboxylic acids is 2. The number of pyridine rings is 1. The molecule has 0 saturated carbocycles. The van der Waals surface area contributed by atoms with Crippen molar-refractivity contribution in [2.75, 3.05) is 14.1 Å². The molecule has 4 rings (SSSR count). The van der Waals surface area contributed by atoms with Gasteiger partial charge in [-0.25, -0.2) is 12.7 Å². The summed E-state index contributed by atoms with van der Waals surface area (Å²) in [5.74, 6) is -1.29. The van der Waals surface area contributed by atoms with Gasteiger partial charge in [-0.05, 0) is 35.5 Å². The highest BCUT2D eigenvalue weighted by atomic mass is 32.2. The van der Waals surface area contributed by atoms with Crippen molar-refractivity contribution >= 4 is 50.0 Å². The maximum Gasteiger partial charge on any atom is 0.573 e. The van der Waals surface area contributed by atoms with E-state index in [1.54, 1.807) is 0 Å². The number of imide groups is 1. The number of rotatable bonds is 5. The number of fused-ring (bicyclic) bond motifs is 1. The largest absolute Gasteiger partial charge is 0.573 e. The molecule has 3 heterocycles. The molecule has 0 unspecified atom stereocenters. The van der Waals surface area contributed by atoms with Gasteiger partial charge in [-0.3, -0.25) is 19.9 Å². The van der Waals surface area contributed by atoms with E-state index < -0.39 is 38.2 Å². The fourth-order valence-electron chi connectivity index (χ4n) is 3.10. The van der Waals surface area contributed by atoms with E-state index in [-0.39, 0.29) is 27.4 Å². The number of nitrogens with zero attached hydrogens (tertiary/aromatic N) is 2. The number of carbonyl (C=O) groups is 2. The third-order valence-electron chi connectivity index (χ3n) is 4.60. The molecule has 0 radical (unpaired) electrons. The number of aromatic nitrogens is 1. The van der Waals surface area contributed by atoms with E-state index in [1.165, 1.54) is 44.7 Å². The molecule has 1 aromatic carbocycles. The topological polar surface area (TPSA) is 119 Å². The van der Waals surface area contributed by atoms with Gasteiger partial charge in [0.2, 0.25) is 10.0 Å². The van der Waals surface area contributed by atoms with Crippen molar-refractivity contribution in [1.82, 2.24) is 14.6 Å². The molecule has 1 fully saturated rings. The zero-order valence-electron chi connectivity index (χ0n) is 17.3. The highest BCUT2D eigenvalue weighted by molar-refractivity contribution is 8.18. The molecule has 178 valence electrons. The lowest BCUT2D eigenvalue weighted by atomic mass is 10.1. The van der Waals surface area contributed by atoms with Gasteiger partial charge in [0.15, 0.2) is 0 Å². The molecular formula is C20H14F3N3O6S2. The SMILES string of the molecule is CN(C)S(=O)(=O)c1ccc(-c2cncc3cc(C=C4SC(=O)NC4=O)oc23)cc1OC(F)(F)F. The number of benzene rings is 1. The highest BCUT2D eigenvalue weighted by Gasteiger charge is 2.35. The number of thioether (sulfide) groups is 1. The summed E-state index contributed by atoms with van der Waals surface area (Å²) in [6.07, 6.45) is -1.02. The van der Waals surface area contributed by atoms with Gasteiger partial charge in [0.25, 0.3) is 11.1 Å². The second-order valence-electron chi connectivity index (χ2n) is 7.10. The number of ether oxygens (including phenoxy) is 1. The van der Waals surface area contributed by atoms with Crippen LogP contribution < -0.4 is 10.1 Å². The third-order valence-corrected chi connectivity index (χ3v) is 7.26. The number of nitrogens with one attached hydrogen (secondary N) is 1. The molecule has 0 spiro atoms. The van der Waals surface area contributed by atoms with Crippen LogP contribution in [0, 0.1) is 0 Å². The molecule has 1 aliphatic heterocycles. The number of hydrogen-bond acceptors (Lipinski definition) is 8. The fourth-order valence-corrected chi connectivity index (χ4v) is 4.75. The van der Waals surface area contributed by atoms with Gasteiger partial charge in [-0.2, -0.15) is 0 Å². The quantitative estimate of drug-likeness (QED) is 0.509. The lowest BCUT2D eigenvalue weighted by molar-refractivity contribution is -0.275. The minimum absolute atomic E-state index is 0.109. The monoisotopic (exact) mass is 513 g/mol. The van der Waals surface area contributed by atoms with Gasteiger partial charge in [0.05, 0.1) is 4.91 Å². The van der Waals surface area contributed by atoms with Crippen molar-refractivity contribution in [1.29, 1.82) is 0 Å². The van der Waals surface area contributed by atoms with E-state index in [1.807, 2.05) is 0 Å². The first-order chi connectivity index (χ1) is 15.8. The number of hydrogen-bond donors (Lipinski definition) is 1. The van der Waals surface area contributed by atoms with Gasteiger partial charge in [0, 0.05) is 43.5 Å². The first kappa shape index (κ1) is 23.8. The molecule has 9 nitrogen and oxygen atoms in total. The molecular weight excluding hydrogens is 499 g/mol. The van der Waals surface area contributed by atoms with E-state index in [2.05, 4.69) is 15.0 Å². The summed E-state index contributed by atoms with van der Waals surface area (Å²) in [6.45, 7) is 0. The van der Waals surface area contributed by atoms with Crippen LogP contribution in [0.1, 0.15) is 5.76 Å². The Balaban J connectivity index is 1.83. The highest BCUT2D eigenvalue weighted by Crippen LogP contribution is 2.38. The number of halogens is 3. The number of amides is 2. The van der Waals surface area contributed by atoms with Crippen molar-refractivity contribution in [2.45, 2.75) is 11.3 Å². The molecule has 2 amide bonds. The molecule has 34 heavy (non-hydrogen) atoms. The Kier molecular flexibility index (Phi) is 5.91. The Hall–Kier alpha value is -3.36. The van der Waals surface area contributed by atoms with Crippen molar-refractivity contribution in [2.24, 2.45) is 0 Å². The van der Waals surface area contributed by atoms with E-state index >= 15 is 0 Å². The standard InChI is InChI=1S/C20H14F3N3O6S2/c1-26(2)34(29,30)16-4-3-10(6-14(16)32-20(21,22)23)13-9-24-8-11-5-12(31-17(11)13)7-15-18(27)25-19(28)33-15/h3-9H,1-2H3,(H,25,27,28). The van der Waals surface area contributed by atoms with E-state index in [0.717, 1.165) is 16.4 Å². The summed E-state index contributed by atoms with van der Waals surface area (Å²) in [6, 6.07) is 4.77. The van der Waals surface area contributed by atoms with Gasteiger partial charge in [-0.15, -0.1) is 13.2 Å². The number of furan rings is 1. The first-order valence-corrected chi connectivity index (χ1v) is 11.6. The Morgan fingerprint density at radius 3 is 2.53 bits per heavy atom. The molecule has 2 aromatic heterocycles. The smallest absolute Gasteiger partial charge is 0.456 e. The van der Waals surface area contributed by atoms with Crippen molar-refractivity contribution in [3.63, 3.8) is 0 Å². The average molecular weight is 513 g/mol. The van der Waals surface area contributed by atoms with Crippen LogP contribution in [0.2, 0.25) is 0 Å². The molecule has 0 atom stereocenters. The third kappa shape index (κ3) is 4.64. The number of alkyl halides is 3. The minimum Gasteiger partial charge on any atom is -0.456 e. The lowest BCUT2D eigenvalue weighted by Crippen LogP contribution is -2.25. The van der Waals surface area contributed by atoms with Gasteiger partial charge in [-0.1, -0.05) is 6.07 Å². The van der Waals surface area contributed by atoms with Crippen LogP contribution in [0.4, 0.5) is 18.0 Å². The molecule has 3 aromatic rings. The van der Waals surface area contributed by atoms with Crippen LogP contribution in [0.15, 0.2) is 50.9 Å². The van der Waals surface area contributed by atoms with Crippen molar-refractivity contribution < 1.29 is 40.3 Å². The summed E-state index contributed by atoms with van der Waals surface area (Å²) in [5.41, 5.74) is 0.618. The van der Waals surface area contributed by atoms with E-state index in [9.17, 15) is 31.2 Å². The fraction of sp³-hybridized carbons (Fsp3) is 0.150. The van der Waals surface area contributed by atoms with Crippen LogP contribution in [0.3, 0.4) is 0 Å². The van der Waals surface area contributed by atoms with Gasteiger partial charge >= 0.3 is 6.36 Å². The number of sulfonamides is 1. The van der Waals surface area contributed by atoms with Gasteiger partial charge < -0.3 is 9.15 Å². The zero-order chi connectivity index (χ0) is 24.8. The Labute approximate surface area is 194 Å². The molecule has 1 saturated heterocycles. The maximum absolute atomic E-state index is 13.0. The summed E-state index contributed by atoms with van der Waals surface area (Å²) in [7, 11) is -1.88. The summed E-state index contributed by atoms with van der Waals surface area (Å²) in [5, 5.41) is 2.05. The van der Waals surface area contributed by atoms with Crippen LogP contribution in [0.5, 0.6) is 5.75 Å². The second-order valence-corrected chi connectivity index (χ2v) is 10.2. The zero-order valence-corrected chi connectivity index (χ0v) is 19.0. The van der Waals surface area contributed by atoms with Crippen molar-refractivity contribution in [3.05, 3.63) is 47.3 Å². The Morgan fingerprint density at radius 1 is 1.18 bits per heavy atom. The second kappa shape index (κ2) is 8.45. The molecule has 0 aliphatic carbocycles. The van der Waals surface area contributed by atoms with E-state index in [4.69, 9.17) is 4.42 Å². The van der Waals surface area contributed by atoms with Gasteiger partial charge in [0.1, 0.15) is 22.0 Å². The minimum atomic E-state index is -5.14. The first-order valence-electron chi connectivity index (χ1n) is 9.30. The molecule has 1 N–H and O–H groups in total. The van der Waals surface area contributed by atoms with Crippen LogP contribution in [0.25, 0.3) is 28.2 Å².